The first kappa shape index (κ1) is 17.1. The Bertz CT molecular complexity index is 881. The molecular weight excluding hydrogens is 341 g/mol. The number of hydrogen-bond donors (Lipinski definition) is 1. The number of nitrogens with one attached hydrogen (secondary N) is 1. The number of carbonyl (C=O) groups is 1. The van der Waals surface area contributed by atoms with Crippen molar-refractivity contribution in [1.29, 1.82) is 0 Å². The molecule has 25 heavy (non-hydrogen) atoms. The zero-order valence-corrected chi connectivity index (χ0v) is 14.5. The predicted molar refractivity (Wildman–Crippen MR) is 94.2 cm³/mol. The molecule has 8 heteroatoms. The van der Waals surface area contributed by atoms with Crippen molar-refractivity contribution < 1.29 is 9.18 Å². The molecule has 0 aliphatic carbocycles. The lowest BCUT2D eigenvalue weighted by atomic mass is 10.2. The Morgan fingerprint density at radius 2 is 2.00 bits per heavy atom. The molecule has 0 saturated carbocycles. The Labute approximate surface area is 148 Å². The monoisotopic (exact) mass is 357 g/mol. The number of halogens is 1. The Hall–Kier alpha value is -2.74. The van der Waals surface area contributed by atoms with Crippen molar-refractivity contribution in [3.63, 3.8) is 0 Å². The Kier molecular flexibility index (Phi) is 5.08. The van der Waals surface area contributed by atoms with Crippen molar-refractivity contribution in [1.82, 2.24) is 20.2 Å². The quantitative estimate of drug-likeness (QED) is 0.710. The first-order chi connectivity index (χ1) is 12.0. The molecule has 1 aromatic heterocycles. The molecule has 1 heterocycles. The first-order valence-electron chi connectivity index (χ1n) is 7.61. The van der Waals surface area contributed by atoms with Crippen molar-refractivity contribution in [3.8, 4) is 5.69 Å². The molecule has 3 aromatic rings. The minimum Gasteiger partial charge on any atom is -0.325 e. The van der Waals surface area contributed by atoms with Gasteiger partial charge >= 0.3 is 0 Å². The van der Waals surface area contributed by atoms with Crippen molar-refractivity contribution in [2.24, 2.45) is 0 Å². The summed E-state index contributed by atoms with van der Waals surface area (Å²) < 4.78 is 14.5. The third-order valence-corrected chi connectivity index (χ3v) is 4.48. The normalized spacial score (nSPS) is 12.0. The number of tetrazole rings is 1. The molecule has 1 amide bonds. The Morgan fingerprint density at radius 1 is 1.24 bits per heavy atom. The van der Waals surface area contributed by atoms with Crippen LogP contribution in [0.4, 0.5) is 10.1 Å². The van der Waals surface area contributed by atoms with Crippen LogP contribution >= 0.6 is 11.8 Å². The van der Waals surface area contributed by atoms with Crippen LogP contribution in [0.5, 0.6) is 0 Å². The van der Waals surface area contributed by atoms with Gasteiger partial charge in [-0.1, -0.05) is 23.9 Å². The topological polar surface area (TPSA) is 72.7 Å². The summed E-state index contributed by atoms with van der Waals surface area (Å²) in [7, 11) is 0. The second kappa shape index (κ2) is 7.43. The number of aryl methyl sites for hydroxylation is 1. The molecule has 0 spiro atoms. The minimum atomic E-state index is -0.431. The lowest BCUT2D eigenvalue weighted by Gasteiger charge is -2.12. The summed E-state index contributed by atoms with van der Waals surface area (Å²) >= 11 is 1.25. The number of hydrogen-bond acceptors (Lipinski definition) is 5. The van der Waals surface area contributed by atoms with Crippen LogP contribution in [-0.4, -0.2) is 31.4 Å². The number of nitrogens with zero attached hydrogens (tertiary/aromatic N) is 4. The van der Waals surface area contributed by atoms with Gasteiger partial charge in [0.1, 0.15) is 5.82 Å². The van der Waals surface area contributed by atoms with Gasteiger partial charge in [0.05, 0.1) is 10.9 Å². The fraction of sp³-hybridized carbons (Fsp3) is 0.176. The van der Waals surface area contributed by atoms with Crippen LogP contribution in [0.15, 0.2) is 53.7 Å². The Morgan fingerprint density at radius 3 is 2.72 bits per heavy atom. The van der Waals surface area contributed by atoms with E-state index in [9.17, 15) is 9.18 Å². The lowest BCUT2D eigenvalue weighted by Crippen LogP contribution is -2.22. The van der Waals surface area contributed by atoms with E-state index < -0.39 is 5.25 Å². The van der Waals surface area contributed by atoms with Crippen LogP contribution in [0.1, 0.15) is 12.5 Å². The molecular formula is C17H16FN5OS. The van der Waals surface area contributed by atoms with E-state index in [1.54, 1.807) is 11.6 Å². The van der Waals surface area contributed by atoms with Crippen LogP contribution in [-0.2, 0) is 4.79 Å². The summed E-state index contributed by atoms with van der Waals surface area (Å²) in [4.78, 5) is 12.3. The van der Waals surface area contributed by atoms with Gasteiger partial charge in [-0.3, -0.25) is 4.79 Å². The number of aromatic nitrogens is 4. The molecule has 0 saturated heterocycles. The third kappa shape index (κ3) is 4.21. The molecule has 0 radical (unpaired) electrons. The second-order valence-corrected chi connectivity index (χ2v) is 6.78. The van der Waals surface area contributed by atoms with Crippen LogP contribution in [0.2, 0.25) is 0 Å². The molecule has 128 valence electrons. The zero-order chi connectivity index (χ0) is 17.8. The summed E-state index contributed by atoms with van der Waals surface area (Å²) in [6.07, 6.45) is 0. The molecule has 0 fully saturated rings. The third-order valence-electron chi connectivity index (χ3n) is 3.45. The fourth-order valence-electron chi connectivity index (χ4n) is 2.16. The largest absolute Gasteiger partial charge is 0.325 e. The molecule has 0 bridgehead atoms. The van der Waals surface area contributed by atoms with Crippen LogP contribution in [0.3, 0.4) is 0 Å². The van der Waals surface area contributed by atoms with Gasteiger partial charge in [0, 0.05) is 5.69 Å². The van der Waals surface area contributed by atoms with E-state index in [4.69, 9.17) is 0 Å². The van der Waals surface area contributed by atoms with E-state index in [1.165, 1.54) is 36.0 Å². The van der Waals surface area contributed by atoms with Crippen molar-refractivity contribution in [2.75, 3.05) is 5.32 Å². The van der Waals surface area contributed by atoms with Crippen molar-refractivity contribution in [2.45, 2.75) is 24.3 Å². The highest BCUT2D eigenvalue weighted by atomic mass is 32.2. The zero-order valence-electron chi connectivity index (χ0n) is 13.7. The van der Waals surface area contributed by atoms with E-state index in [0.29, 0.717) is 10.8 Å². The van der Waals surface area contributed by atoms with Gasteiger partial charge in [-0.25, -0.2) is 4.39 Å². The van der Waals surface area contributed by atoms with Crippen LogP contribution < -0.4 is 5.32 Å². The maximum Gasteiger partial charge on any atom is 0.237 e. The Balaban J connectivity index is 1.71. The smallest absolute Gasteiger partial charge is 0.237 e. The van der Waals surface area contributed by atoms with Gasteiger partial charge in [-0.15, -0.1) is 5.10 Å². The maximum atomic E-state index is 12.9. The first-order valence-corrected chi connectivity index (χ1v) is 8.49. The summed E-state index contributed by atoms with van der Waals surface area (Å²) in [5.41, 5.74) is 2.46. The highest BCUT2D eigenvalue weighted by Gasteiger charge is 2.19. The van der Waals surface area contributed by atoms with Crippen molar-refractivity contribution >= 4 is 23.4 Å². The number of carbonyl (C=O) groups excluding carboxylic acids is 1. The molecule has 0 aliphatic heterocycles. The van der Waals surface area contributed by atoms with Gasteiger partial charge in [0.15, 0.2) is 0 Å². The number of thioether (sulfide) groups is 1. The summed E-state index contributed by atoms with van der Waals surface area (Å²) in [5.74, 6) is -0.562. The van der Waals surface area contributed by atoms with Gasteiger partial charge in [-0.05, 0) is 66.2 Å². The maximum absolute atomic E-state index is 12.9. The molecule has 0 aliphatic rings. The number of benzene rings is 2. The van der Waals surface area contributed by atoms with E-state index in [2.05, 4.69) is 20.8 Å². The lowest BCUT2D eigenvalue weighted by molar-refractivity contribution is -0.115. The number of rotatable bonds is 5. The molecule has 1 atom stereocenters. The highest BCUT2D eigenvalue weighted by molar-refractivity contribution is 8.00. The average Bonchev–Trinajstić information content (AvgIpc) is 3.05. The number of amides is 1. The van der Waals surface area contributed by atoms with E-state index in [1.807, 2.05) is 31.2 Å². The minimum absolute atomic E-state index is 0.213. The molecule has 3 rings (SSSR count). The van der Waals surface area contributed by atoms with Crippen molar-refractivity contribution in [3.05, 3.63) is 59.9 Å². The SMILES string of the molecule is Cc1cccc(-n2nnnc2S[C@H](C)C(=O)Nc2ccc(F)cc2)c1. The van der Waals surface area contributed by atoms with E-state index >= 15 is 0 Å². The molecule has 2 aromatic carbocycles. The fourth-order valence-corrected chi connectivity index (χ4v) is 2.97. The average molecular weight is 357 g/mol. The van der Waals surface area contributed by atoms with Gasteiger partial charge in [-0.2, -0.15) is 4.68 Å². The second-order valence-electron chi connectivity index (χ2n) is 5.47. The van der Waals surface area contributed by atoms with Crippen LogP contribution in [0, 0.1) is 12.7 Å². The standard InChI is InChI=1S/C17H16FN5OS/c1-11-4-3-5-15(10-11)23-17(20-21-22-23)25-12(2)16(24)19-14-8-6-13(18)7-9-14/h3-10,12H,1-2H3,(H,19,24)/t12-/m1/s1. The van der Waals surface area contributed by atoms with Gasteiger partial charge in [0.2, 0.25) is 11.1 Å². The number of anilines is 1. The van der Waals surface area contributed by atoms with Gasteiger partial charge in [0.25, 0.3) is 0 Å². The molecule has 6 nitrogen and oxygen atoms in total. The predicted octanol–water partition coefficient (Wildman–Crippen LogP) is 3.23. The highest BCUT2D eigenvalue weighted by Crippen LogP contribution is 2.24. The molecule has 1 N–H and O–H groups in total. The van der Waals surface area contributed by atoms with Crippen LogP contribution in [0.25, 0.3) is 5.69 Å². The summed E-state index contributed by atoms with van der Waals surface area (Å²) in [5, 5.41) is 14.5. The molecule has 0 unspecified atom stereocenters. The van der Waals surface area contributed by atoms with E-state index in [-0.39, 0.29) is 11.7 Å². The van der Waals surface area contributed by atoms with Gasteiger partial charge < -0.3 is 5.32 Å². The summed E-state index contributed by atoms with van der Waals surface area (Å²) in [6.45, 7) is 3.75. The summed E-state index contributed by atoms with van der Waals surface area (Å²) in [6, 6.07) is 13.4. The van der Waals surface area contributed by atoms with E-state index in [0.717, 1.165) is 11.3 Å².